The zero-order valence-electron chi connectivity index (χ0n) is 10.3. The first kappa shape index (κ1) is 13.1. The van der Waals surface area contributed by atoms with Crippen LogP contribution in [0.2, 0.25) is 0 Å². The normalized spacial score (nSPS) is 18.6. The summed E-state index contributed by atoms with van der Waals surface area (Å²) < 4.78 is 0.862. The van der Waals surface area contributed by atoms with E-state index < -0.39 is 5.54 Å². The predicted octanol–water partition coefficient (Wildman–Crippen LogP) is 2.04. The summed E-state index contributed by atoms with van der Waals surface area (Å²) in [5.41, 5.74) is 0.600. The molecule has 4 nitrogen and oxygen atoms in total. The number of hydrogen-bond acceptors (Lipinski definition) is 3. The quantitative estimate of drug-likeness (QED) is 0.864. The molecule has 0 spiro atoms. The fraction of sp³-hybridized carbons (Fsp3) is 0.385. The molecule has 1 saturated heterocycles. The van der Waals surface area contributed by atoms with Gasteiger partial charge in [0.2, 0.25) is 5.91 Å². The third-order valence-electron chi connectivity index (χ3n) is 3.05. The van der Waals surface area contributed by atoms with Gasteiger partial charge in [-0.2, -0.15) is 5.26 Å². The molecular formula is C13H14BrN3O. The first-order valence-corrected chi connectivity index (χ1v) is 6.51. The van der Waals surface area contributed by atoms with Gasteiger partial charge in [-0.1, -0.05) is 15.9 Å². The van der Waals surface area contributed by atoms with E-state index in [0.29, 0.717) is 17.8 Å². The standard InChI is InChI=1S/C13H14BrN3O/c1-13(2)12(18)17(6-5-16-13)11-7-10(14)4-3-9(11)8-15/h3-4,7,16H,5-6H2,1-2H3. The summed E-state index contributed by atoms with van der Waals surface area (Å²) in [7, 11) is 0. The molecule has 1 aromatic carbocycles. The highest BCUT2D eigenvalue weighted by molar-refractivity contribution is 9.10. The SMILES string of the molecule is CC1(C)NCCN(c2cc(Br)ccc2C#N)C1=O. The van der Waals surface area contributed by atoms with Crippen molar-refractivity contribution in [1.82, 2.24) is 5.32 Å². The molecule has 0 aromatic heterocycles. The molecule has 0 atom stereocenters. The van der Waals surface area contributed by atoms with E-state index in [0.717, 1.165) is 11.0 Å². The molecule has 1 aliphatic heterocycles. The van der Waals surface area contributed by atoms with E-state index >= 15 is 0 Å². The first-order chi connectivity index (χ1) is 8.45. The van der Waals surface area contributed by atoms with Crippen LogP contribution < -0.4 is 10.2 Å². The van der Waals surface area contributed by atoms with Crippen molar-refractivity contribution in [2.45, 2.75) is 19.4 Å². The Morgan fingerprint density at radius 2 is 2.22 bits per heavy atom. The first-order valence-electron chi connectivity index (χ1n) is 5.72. The molecule has 18 heavy (non-hydrogen) atoms. The van der Waals surface area contributed by atoms with Gasteiger partial charge in [-0.15, -0.1) is 0 Å². The van der Waals surface area contributed by atoms with E-state index in [-0.39, 0.29) is 5.91 Å². The molecule has 1 amide bonds. The van der Waals surface area contributed by atoms with E-state index in [2.05, 4.69) is 27.3 Å². The van der Waals surface area contributed by atoms with E-state index in [1.54, 1.807) is 17.0 Å². The highest BCUT2D eigenvalue weighted by atomic mass is 79.9. The maximum Gasteiger partial charge on any atom is 0.246 e. The lowest BCUT2D eigenvalue weighted by molar-refractivity contribution is -0.124. The Labute approximate surface area is 115 Å². The Morgan fingerprint density at radius 3 is 2.89 bits per heavy atom. The molecule has 1 aromatic rings. The van der Waals surface area contributed by atoms with Gasteiger partial charge in [-0.3, -0.25) is 4.79 Å². The number of halogens is 1. The molecule has 1 fully saturated rings. The lowest BCUT2D eigenvalue weighted by atomic mass is 9.99. The second-order valence-corrected chi connectivity index (χ2v) is 5.70. The van der Waals surface area contributed by atoms with Gasteiger partial charge in [0.25, 0.3) is 0 Å². The number of carbonyl (C=O) groups is 1. The highest BCUT2D eigenvalue weighted by Crippen LogP contribution is 2.27. The number of amides is 1. The number of anilines is 1. The van der Waals surface area contributed by atoms with Crippen molar-refractivity contribution in [3.05, 3.63) is 28.2 Å². The van der Waals surface area contributed by atoms with Gasteiger partial charge >= 0.3 is 0 Å². The largest absolute Gasteiger partial charge is 0.308 e. The second kappa shape index (κ2) is 4.71. The molecule has 0 unspecified atom stereocenters. The molecule has 94 valence electrons. The van der Waals surface area contributed by atoms with Crippen molar-refractivity contribution < 1.29 is 4.79 Å². The van der Waals surface area contributed by atoms with Crippen molar-refractivity contribution in [2.75, 3.05) is 18.0 Å². The van der Waals surface area contributed by atoms with Gasteiger partial charge in [0.15, 0.2) is 0 Å². The van der Waals surface area contributed by atoms with Crippen LogP contribution >= 0.6 is 15.9 Å². The number of rotatable bonds is 1. The zero-order valence-corrected chi connectivity index (χ0v) is 11.9. The number of nitrogens with one attached hydrogen (secondary N) is 1. The third kappa shape index (κ3) is 2.26. The Balaban J connectivity index is 2.46. The number of hydrogen-bond donors (Lipinski definition) is 1. The van der Waals surface area contributed by atoms with Gasteiger partial charge in [0.05, 0.1) is 16.8 Å². The van der Waals surface area contributed by atoms with Crippen LogP contribution in [-0.2, 0) is 4.79 Å². The topological polar surface area (TPSA) is 56.1 Å². The van der Waals surface area contributed by atoms with Crippen LogP contribution in [0.3, 0.4) is 0 Å². The molecule has 1 heterocycles. The smallest absolute Gasteiger partial charge is 0.246 e. The maximum absolute atomic E-state index is 12.4. The summed E-state index contributed by atoms with van der Waals surface area (Å²) >= 11 is 3.38. The highest BCUT2D eigenvalue weighted by Gasteiger charge is 2.36. The average molecular weight is 308 g/mol. The van der Waals surface area contributed by atoms with Crippen molar-refractivity contribution in [2.24, 2.45) is 0 Å². The third-order valence-corrected chi connectivity index (χ3v) is 3.55. The summed E-state index contributed by atoms with van der Waals surface area (Å²) in [6, 6.07) is 7.48. The van der Waals surface area contributed by atoms with Crippen molar-refractivity contribution in [3.63, 3.8) is 0 Å². The van der Waals surface area contributed by atoms with Crippen LogP contribution in [0.5, 0.6) is 0 Å². The lowest BCUT2D eigenvalue weighted by Crippen LogP contribution is -2.61. The number of carbonyl (C=O) groups excluding carboxylic acids is 1. The molecule has 2 rings (SSSR count). The van der Waals surface area contributed by atoms with Crippen LogP contribution in [-0.4, -0.2) is 24.5 Å². The molecule has 0 bridgehead atoms. The molecule has 5 heteroatoms. The molecule has 1 N–H and O–H groups in total. The van der Waals surface area contributed by atoms with Crippen molar-refractivity contribution in [1.29, 1.82) is 5.26 Å². The van der Waals surface area contributed by atoms with Crippen LogP contribution in [0.15, 0.2) is 22.7 Å². The van der Waals surface area contributed by atoms with E-state index in [4.69, 9.17) is 5.26 Å². The van der Waals surface area contributed by atoms with Gasteiger partial charge < -0.3 is 10.2 Å². The van der Waals surface area contributed by atoms with Gasteiger partial charge in [0, 0.05) is 17.6 Å². The Bertz CT molecular complexity index is 534. The summed E-state index contributed by atoms with van der Waals surface area (Å²) in [4.78, 5) is 14.0. The second-order valence-electron chi connectivity index (χ2n) is 4.78. The minimum absolute atomic E-state index is 0.0108. The van der Waals surface area contributed by atoms with Crippen molar-refractivity contribution in [3.8, 4) is 6.07 Å². The fourth-order valence-corrected chi connectivity index (χ4v) is 2.40. The zero-order chi connectivity index (χ0) is 13.3. The molecule has 0 aliphatic carbocycles. The number of benzene rings is 1. The van der Waals surface area contributed by atoms with Crippen LogP contribution in [0.4, 0.5) is 5.69 Å². The summed E-state index contributed by atoms with van der Waals surface area (Å²) in [6.07, 6.45) is 0. The van der Waals surface area contributed by atoms with Gasteiger partial charge in [0.1, 0.15) is 6.07 Å². The average Bonchev–Trinajstić information content (AvgIpc) is 2.32. The molecule has 0 radical (unpaired) electrons. The predicted molar refractivity (Wildman–Crippen MR) is 73.3 cm³/mol. The van der Waals surface area contributed by atoms with Gasteiger partial charge in [-0.05, 0) is 32.0 Å². The summed E-state index contributed by atoms with van der Waals surface area (Å²) in [5, 5.41) is 12.3. The Kier molecular flexibility index (Phi) is 3.42. The lowest BCUT2D eigenvalue weighted by Gasteiger charge is -2.38. The molecular weight excluding hydrogens is 294 g/mol. The maximum atomic E-state index is 12.4. The van der Waals surface area contributed by atoms with Crippen LogP contribution in [0.25, 0.3) is 0 Å². The minimum atomic E-state index is -0.590. The monoisotopic (exact) mass is 307 g/mol. The molecule has 0 saturated carbocycles. The van der Waals surface area contributed by atoms with Crippen LogP contribution in [0.1, 0.15) is 19.4 Å². The summed E-state index contributed by atoms with van der Waals surface area (Å²) in [5.74, 6) is -0.0108. The van der Waals surface area contributed by atoms with Crippen LogP contribution in [0, 0.1) is 11.3 Å². The van der Waals surface area contributed by atoms with Gasteiger partial charge in [-0.25, -0.2) is 0 Å². The summed E-state index contributed by atoms with van der Waals surface area (Å²) in [6.45, 7) is 5.00. The Hall–Kier alpha value is -1.38. The molecule has 1 aliphatic rings. The van der Waals surface area contributed by atoms with E-state index in [1.165, 1.54) is 0 Å². The van der Waals surface area contributed by atoms with Crippen molar-refractivity contribution >= 4 is 27.5 Å². The van der Waals surface area contributed by atoms with E-state index in [9.17, 15) is 4.79 Å². The number of piperazine rings is 1. The fourth-order valence-electron chi connectivity index (χ4n) is 2.05. The Morgan fingerprint density at radius 1 is 1.50 bits per heavy atom. The minimum Gasteiger partial charge on any atom is -0.308 e. The van der Waals surface area contributed by atoms with E-state index in [1.807, 2.05) is 19.9 Å². The number of nitriles is 1. The number of nitrogens with zero attached hydrogens (tertiary/aromatic N) is 2.